The second-order valence-corrected chi connectivity index (χ2v) is 1.27. The summed E-state index contributed by atoms with van der Waals surface area (Å²) in [4.78, 5) is 10.3. The molecule has 0 rings (SSSR count). The zero-order valence-electron chi connectivity index (χ0n) is 4.77. The Balaban J connectivity index is 3.06. The van der Waals surface area contributed by atoms with Gasteiger partial charge in [0.25, 0.3) is 0 Å². The van der Waals surface area contributed by atoms with Crippen LogP contribution in [0, 0.1) is 0 Å². The summed E-state index contributed by atoms with van der Waals surface area (Å²) in [6.45, 7) is -0.104. The molecule has 0 aliphatic heterocycles. The third kappa shape index (κ3) is 3.58. The normalized spacial score (nSPS) is 8.75. The standard InChI is InChI=1S/C4H10N2O2/c1-5-6-4(8)2-3-7/h5,7H,2-3H2,1H3,(H,6,8). The molecule has 0 aromatic rings. The van der Waals surface area contributed by atoms with Crippen molar-refractivity contribution >= 4 is 5.91 Å². The lowest BCUT2D eigenvalue weighted by Crippen LogP contribution is -2.34. The predicted molar refractivity (Wildman–Crippen MR) is 28.9 cm³/mol. The van der Waals surface area contributed by atoms with Gasteiger partial charge in [-0.05, 0) is 0 Å². The van der Waals surface area contributed by atoms with E-state index < -0.39 is 0 Å². The van der Waals surface area contributed by atoms with E-state index in [-0.39, 0.29) is 18.9 Å². The fraction of sp³-hybridized carbons (Fsp3) is 0.750. The topological polar surface area (TPSA) is 61.4 Å². The van der Waals surface area contributed by atoms with Crippen LogP contribution in [0.2, 0.25) is 0 Å². The highest BCUT2D eigenvalue weighted by Gasteiger charge is 1.93. The highest BCUT2D eigenvalue weighted by atomic mass is 16.3. The molecule has 0 fully saturated rings. The van der Waals surface area contributed by atoms with Gasteiger partial charge in [-0.2, -0.15) is 0 Å². The van der Waals surface area contributed by atoms with Crippen LogP contribution >= 0.6 is 0 Å². The highest BCUT2D eigenvalue weighted by molar-refractivity contribution is 5.75. The average molecular weight is 118 g/mol. The number of amides is 1. The molecule has 0 saturated carbocycles. The first kappa shape index (κ1) is 7.39. The molecule has 4 heteroatoms. The lowest BCUT2D eigenvalue weighted by Gasteiger charge is -1.97. The molecular weight excluding hydrogens is 108 g/mol. The lowest BCUT2D eigenvalue weighted by atomic mass is 10.4. The van der Waals surface area contributed by atoms with E-state index in [1.54, 1.807) is 7.05 Å². The maximum absolute atomic E-state index is 10.3. The van der Waals surface area contributed by atoms with Crippen LogP contribution in [0.3, 0.4) is 0 Å². The van der Waals surface area contributed by atoms with Gasteiger partial charge in [-0.15, -0.1) is 0 Å². The first-order chi connectivity index (χ1) is 3.81. The van der Waals surface area contributed by atoms with Gasteiger partial charge in [0.2, 0.25) is 5.91 Å². The fourth-order valence-electron chi connectivity index (χ4n) is 0.303. The Morgan fingerprint density at radius 3 is 2.75 bits per heavy atom. The third-order valence-electron chi connectivity index (χ3n) is 0.603. The summed E-state index contributed by atoms with van der Waals surface area (Å²) in [6, 6.07) is 0. The van der Waals surface area contributed by atoms with Crippen LogP contribution in [0.4, 0.5) is 0 Å². The number of hydrogen-bond donors (Lipinski definition) is 3. The van der Waals surface area contributed by atoms with Gasteiger partial charge in [0.15, 0.2) is 0 Å². The highest BCUT2D eigenvalue weighted by Crippen LogP contribution is 1.71. The summed E-state index contributed by atoms with van der Waals surface area (Å²) < 4.78 is 0. The van der Waals surface area contributed by atoms with Gasteiger partial charge in [0.1, 0.15) is 0 Å². The number of carbonyl (C=O) groups is 1. The molecule has 3 N–H and O–H groups in total. The first-order valence-electron chi connectivity index (χ1n) is 2.37. The van der Waals surface area contributed by atoms with Crippen LogP contribution in [-0.2, 0) is 4.79 Å². The van der Waals surface area contributed by atoms with Crippen molar-refractivity contribution in [1.82, 2.24) is 10.9 Å². The van der Waals surface area contributed by atoms with Crippen LogP contribution in [0.1, 0.15) is 6.42 Å². The van der Waals surface area contributed by atoms with Gasteiger partial charge in [0, 0.05) is 7.05 Å². The number of aliphatic hydroxyl groups excluding tert-OH is 1. The van der Waals surface area contributed by atoms with Gasteiger partial charge in [-0.3, -0.25) is 10.2 Å². The maximum atomic E-state index is 10.3. The molecule has 0 aromatic heterocycles. The van der Waals surface area contributed by atoms with E-state index in [9.17, 15) is 4.79 Å². The van der Waals surface area contributed by atoms with Gasteiger partial charge in [-0.1, -0.05) is 0 Å². The van der Waals surface area contributed by atoms with Crippen LogP contribution < -0.4 is 10.9 Å². The Kier molecular flexibility index (Phi) is 4.20. The molecule has 0 aliphatic carbocycles. The lowest BCUT2D eigenvalue weighted by molar-refractivity contribution is -0.122. The van der Waals surface area contributed by atoms with Crippen molar-refractivity contribution in [3.8, 4) is 0 Å². The molecule has 0 atom stereocenters. The second-order valence-electron chi connectivity index (χ2n) is 1.27. The summed E-state index contributed by atoms with van der Waals surface area (Å²) in [5, 5.41) is 8.17. The molecule has 8 heavy (non-hydrogen) atoms. The number of aliphatic hydroxyl groups is 1. The fourth-order valence-corrected chi connectivity index (χ4v) is 0.303. The summed E-state index contributed by atoms with van der Waals surface area (Å²) in [5.41, 5.74) is 4.74. The zero-order chi connectivity index (χ0) is 6.41. The SMILES string of the molecule is CNNC(=O)CCO. The van der Waals surface area contributed by atoms with E-state index in [4.69, 9.17) is 5.11 Å². The van der Waals surface area contributed by atoms with Gasteiger partial charge >= 0.3 is 0 Å². The molecule has 48 valence electrons. The number of nitrogens with one attached hydrogen (secondary N) is 2. The Bertz CT molecular complexity index is 66.4. The Labute approximate surface area is 47.9 Å². The average Bonchev–Trinajstić information content (AvgIpc) is 1.68. The van der Waals surface area contributed by atoms with E-state index in [2.05, 4.69) is 10.9 Å². The summed E-state index contributed by atoms with van der Waals surface area (Å²) >= 11 is 0. The van der Waals surface area contributed by atoms with Crippen LogP contribution in [-0.4, -0.2) is 24.7 Å². The van der Waals surface area contributed by atoms with Crippen molar-refractivity contribution in [2.45, 2.75) is 6.42 Å². The largest absolute Gasteiger partial charge is 0.396 e. The van der Waals surface area contributed by atoms with E-state index in [0.717, 1.165) is 0 Å². The van der Waals surface area contributed by atoms with Crippen molar-refractivity contribution in [3.05, 3.63) is 0 Å². The Hall–Kier alpha value is -0.610. The maximum Gasteiger partial charge on any atom is 0.236 e. The van der Waals surface area contributed by atoms with Gasteiger partial charge in [-0.25, -0.2) is 5.43 Å². The molecule has 0 heterocycles. The molecule has 1 amide bonds. The Morgan fingerprint density at radius 2 is 2.38 bits per heavy atom. The number of hydrogen-bond acceptors (Lipinski definition) is 3. The molecule has 0 radical (unpaired) electrons. The molecule has 0 aromatic carbocycles. The van der Waals surface area contributed by atoms with Gasteiger partial charge < -0.3 is 5.11 Å². The van der Waals surface area contributed by atoms with Crippen molar-refractivity contribution in [3.63, 3.8) is 0 Å². The first-order valence-corrected chi connectivity index (χ1v) is 2.37. The second kappa shape index (κ2) is 4.55. The van der Waals surface area contributed by atoms with Gasteiger partial charge in [0.05, 0.1) is 13.0 Å². The smallest absolute Gasteiger partial charge is 0.236 e. The van der Waals surface area contributed by atoms with Crippen LogP contribution in [0.15, 0.2) is 0 Å². The predicted octanol–water partition coefficient (Wildman–Crippen LogP) is -1.38. The molecule has 4 nitrogen and oxygen atoms in total. The summed E-state index contributed by atoms with van der Waals surface area (Å²) in [5.74, 6) is -0.199. The van der Waals surface area contributed by atoms with Crippen LogP contribution in [0.5, 0.6) is 0 Å². The quantitative estimate of drug-likeness (QED) is 0.400. The van der Waals surface area contributed by atoms with Crippen molar-refractivity contribution in [1.29, 1.82) is 0 Å². The summed E-state index contributed by atoms with van der Waals surface area (Å²) in [7, 11) is 1.59. The minimum absolute atomic E-state index is 0.104. The van der Waals surface area contributed by atoms with E-state index >= 15 is 0 Å². The minimum Gasteiger partial charge on any atom is -0.396 e. The number of hydrazine groups is 1. The van der Waals surface area contributed by atoms with E-state index in [1.807, 2.05) is 0 Å². The van der Waals surface area contributed by atoms with Crippen molar-refractivity contribution in [2.24, 2.45) is 0 Å². The van der Waals surface area contributed by atoms with E-state index in [0.29, 0.717) is 0 Å². The molecule has 0 unspecified atom stereocenters. The zero-order valence-corrected chi connectivity index (χ0v) is 4.77. The number of carbonyl (C=O) groups excluding carboxylic acids is 1. The Morgan fingerprint density at radius 1 is 1.75 bits per heavy atom. The van der Waals surface area contributed by atoms with Crippen LogP contribution in [0.25, 0.3) is 0 Å². The molecular formula is C4H10N2O2. The molecule has 0 saturated heterocycles. The number of rotatable bonds is 3. The molecule has 0 spiro atoms. The monoisotopic (exact) mass is 118 g/mol. The van der Waals surface area contributed by atoms with Crippen molar-refractivity contribution < 1.29 is 9.90 Å². The molecule has 0 aliphatic rings. The van der Waals surface area contributed by atoms with E-state index in [1.165, 1.54) is 0 Å². The minimum atomic E-state index is -0.199. The third-order valence-corrected chi connectivity index (χ3v) is 0.603. The summed E-state index contributed by atoms with van der Waals surface area (Å²) in [6.07, 6.45) is 0.154. The molecule has 0 bridgehead atoms. The van der Waals surface area contributed by atoms with Crippen molar-refractivity contribution in [2.75, 3.05) is 13.7 Å².